The number of para-hydroxylation sites is 8. The SMILES string of the molecule is Oc1c2cccc1Cc1cccc(c1O)C(Cc1ccc(CC3c4cccc(c4O)Cc4cccc(c4O)Cc4cccc(c4O)Cc4cccc3c4O)cc1)c1cccc(c1O)Cc1cccc(c1O)C2. The largest absolute Gasteiger partial charge is 0.507 e. The Labute approximate surface area is 418 Å². The van der Waals surface area contributed by atoms with E-state index in [1.54, 1.807) is 0 Å². The van der Waals surface area contributed by atoms with E-state index in [0.717, 1.165) is 11.1 Å². The van der Waals surface area contributed by atoms with Gasteiger partial charge in [0.25, 0.3) is 0 Å². The highest BCUT2D eigenvalue weighted by Gasteiger charge is 2.28. The molecule has 9 aromatic rings. The Kier molecular flexibility index (Phi) is 12.1. The molecule has 8 N–H and O–H groups in total. The summed E-state index contributed by atoms with van der Waals surface area (Å²) in [6.45, 7) is 0. The summed E-state index contributed by atoms with van der Waals surface area (Å²) in [5.74, 6) is -0.248. The van der Waals surface area contributed by atoms with Gasteiger partial charge in [-0.2, -0.15) is 0 Å². The first-order valence-corrected chi connectivity index (χ1v) is 24.5. The van der Waals surface area contributed by atoms with Crippen LogP contribution in [0.5, 0.6) is 46.0 Å². The molecule has 9 aromatic carbocycles. The van der Waals surface area contributed by atoms with Crippen LogP contribution in [0.4, 0.5) is 0 Å². The molecular weight excluding hydrogens is 897 g/mol. The van der Waals surface area contributed by atoms with Gasteiger partial charge >= 0.3 is 0 Å². The van der Waals surface area contributed by atoms with Crippen molar-refractivity contribution in [3.63, 3.8) is 0 Å². The summed E-state index contributed by atoms with van der Waals surface area (Å²) < 4.78 is 0. The van der Waals surface area contributed by atoms with Gasteiger partial charge < -0.3 is 40.9 Å². The van der Waals surface area contributed by atoms with Gasteiger partial charge in [0.15, 0.2) is 0 Å². The fraction of sp³-hybridized carbons (Fsp3) is 0.156. The number of rotatable bonds is 4. The van der Waals surface area contributed by atoms with Gasteiger partial charge in [-0.1, -0.05) is 170 Å². The van der Waals surface area contributed by atoms with Crippen molar-refractivity contribution in [2.75, 3.05) is 0 Å². The normalized spacial score (nSPS) is 13.7. The standard InChI is InChI=1S/C64H54O8/c65-57-39-9-1-13-43(57)33-47-17-5-21-51(61(47)69)55(52-22-6-18-48(62(52)70)34-44-14-2-10-40(31-39)58(44)66)29-37-25-27-38(28-26-37)30-56-53-23-7-19-49(63(53)71)35-45-15-3-11-41(59(45)67)32-42-12-4-16-46(60(42)68)36-50-20-8-24-54(56)64(50)72/h1-28,55-56,65-72H,29-36H2. The molecular formula is C64H54O8. The second-order valence-electron chi connectivity index (χ2n) is 19.5. The van der Waals surface area contributed by atoms with Gasteiger partial charge in [-0.15, -0.1) is 0 Å². The fourth-order valence-corrected chi connectivity index (χ4v) is 11.1. The van der Waals surface area contributed by atoms with Crippen LogP contribution < -0.4 is 0 Å². The molecule has 2 aliphatic carbocycles. The summed E-state index contributed by atoms with van der Waals surface area (Å²) in [6, 6.07) is 52.9. The molecule has 0 fully saturated rings. The molecule has 0 aromatic heterocycles. The first kappa shape index (κ1) is 45.8. The molecule has 358 valence electrons. The number of hydrogen-bond acceptors (Lipinski definition) is 8. The zero-order valence-corrected chi connectivity index (χ0v) is 39.6. The minimum absolute atomic E-state index is 0.0820. The molecule has 2 aliphatic rings. The van der Waals surface area contributed by atoms with E-state index in [-0.39, 0.29) is 71.7 Å². The van der Waals surface area contributed by atoms with Gasteiger partial charge in [0.1, 0.15) is 46.0 Å². The second kappa shape index (κ2) is 18.9. The lowest BCUT2D eigenvalue weighted by Gasteiger charge is -2.24. The summed E-state index contributed by atoms with van der Waals surface area (Å²) in [4.78, 5) is 0. The lowest BCUT2D eigenvalue weighted by atomic mass is 9.81. The predicted molar refractivity (Wildman–Crippen MR) is 279 cm³/mol. The first-order chi connectivity index (χ1) is 35.0. The minimum atomic E-state index is -0.517. The van der Waals surface area contributed by atoms with Crippen LogP contribution in [0.15, 0.2) is 170 Å². The third kappa shape index (κ3) is 8.59. The number of hydrogen-bond donors (Lipinski definition) is 8. The first-order valence-electron chi connectivity index (χ1n) is 24.5. The Balaban J connectivity index is 0.980. The molecule has 0 heterocycles. The van der Waals surface area contributed by atoms with Crippen molar-refractivity contribution in [1.82, 2.24) is 0 Å². The average Bonchev–Trinajstić information content (AvgIpc) is 3.37. The van der Waals surface area contributed by atoms with Crippen LogP contribution in [-0.4, -0.2) is 40.9 Å². The summed E-state index contributed by atoms with van der Waals surface area (Å²) >= 11 is 0. The summed E-state index contributed by atoms with van der Waals surface area (Å²) in [5.41, 5.74) is 12.0. The lowest BCUT2D eigenvalue weighted by Crippen LogP contribution is -2.10. The Bertz CT molecular complexity index is 3100. The summed E-state index contributed by atoms with van der Waals surface area (Å²) in [5, 5.41) is 94.9. The van der Waals surface area contributed by atoms with E-state index in [2.05, 4.69) is 0 Å². The Morgan fingerprint density at radius 1 is 0.222 bits per heavy atom. The van der Waals surface area contributed by atoms with E-state index in [9.17, 15) is 40.9 Å². The zero-order valence-electron chi connectivity index (χ0n) is 39.6. The number of phenolic OH excluding ortho intramolecular Hbond substituents is 8. The maximum Gasteiger partial charge on any atom is 0.122 e. The van der Waals surface area contributed by atoms with E-state index in [1.807, 2.05) is 170 Å². The smallest absolute Gasteiger partial charge is 0.122 e. The molecule has 8 heteroatoms. The molecule has 72 heavy (non-hydrogen) atoms. The lowest BCUT2D eigenvalue weighted by molar-refractivity contribution is 0.443. The van der Waals surface area contributed by atoms with Crippen LogP contribution in [-0.2, 0) is 51.4 Å². The number of phenols is 8. The van der Waals surface area contributed by atoms with E-state index in [4.69, 9.17) is 0 Å². The second-order valence-corrected chi connectivity index (χ2v) is 19.5. The third-order valence-electron chi connectivity index (χ3n) is 15.1. The van der Waals surface area contributed by atoms with Crippen molar-refractivity contribution in [3.8, 4) is 46.0 Å². The van der Waals surface area contributed by atoms with Gasteiger partial charge in [0.2, 0.25) is 0 Å². The van der Waals surface area contributed by atoms with Crippen LogP contribution >= 0.6 is 0 Å². The number of aromatic hydroxyl groups is 8. The highest BCUT2D eigenvalue weighted by Crippen LogP contribution is 2.46. The van der Waals surface area contributed by atoms with Crippen LogP contribution in [0.2, 0.25) is 0 Å². The molecule has 0 saturated carbocycles. The zero-order chi connectivity index (χ0) is 49.6. The van der Waals surface area contributed by atoms with E-state index < -0.39 is 11.8 Å². The van der Waals surface area contributed by atoms with Crippen LogP contribution in [0.1, 0.15) is 112 Å². The Hall–Kier alpha value is -8.62. The third-order valence-corrected chi connectivity index (χ3v) is 15.1. The minimum Gasteiger partial charge on any atom is -0.507 e. The van der Waals surface area contributed by atoms with Crippen molar-refractivity contribution >= 4 is 0 Å². The quantitative estimate of drug-likeness (QED) is 0.0865. The molecule has 0 spiro atoms. The van der Waals surface area contributed by atoms with Crippen LogP contribution in [0.3, 0.4) is 0 Å². The summed E-state index contributed by atoms with van der Waals surface area (Å²) in [7, 11) is 0. The number of benzene rings is 9. The topological polar surface area (TPSA) is 162 Å². The average molecular weight is 951 g/mol. The van der Waals surface area contributed by atoms with Gasteiger partial charge in [0, 0.05) is 72.6 Å². The van der Waals surface area contributed by atoms with Gasteiger partial charge in [0.05, 0.1) is 0 Å². The van der Waals surface area contributed by atoms with Crippen LogP contribution in [0, 0.1) is 0 Å². The van der Waals surface area contributed by atoms with E-state index in [1.165, 1.54) is 0 Å². The maximum atomic E-state index is 12.2. The monoisotopic (exact) mass is 950 g/mol. The molecule has 0 radical (unpaired) electrons. The maximum absolute atomic E-state index is 12.2. The molecule has 16 bridgehead atoms. The van der Waals surface area contributed by atoms with Gasteiger partial charge in [-0.3, -0.25) is 0 Å². The molecule has 8 nitrogen and oxygen atoms in total. The summed E-state index contributed by atoms with van der Waals surface area (Å²) in [6.07, 6.45) is 2.40. The van der Waals surface area contributed by atoms with Crippen molar-refractivity contribution < 1.29 is 40.9 Å². The highest BCUT2D eigenvalue weighted by atomic mass is 16.3. The molecule has 0 aliphatic heterocycles. The van der Waals surface area contributed by atoms with Crippen molar-refractivity contribution in [1.29, 1.82) is 0 Å². The molecule has 0 atom stereocenters. The fourth-order valence-electron chi connectivity index (χ4n) is 11.1. The van der Waals surface area contributed by atoms with Gasteiger partial charge in [-0.25, -0.2) is 0 Å². The predicted octanol–water partition coefficient (Wildman–Crippen LogP) is 12.3. The highest BCUT2D eigenvalue weighted by molar-refractivity contribution is 5.59. The Morgan fingerprint density at radius 2 is 0.389 bits per heavy atom. The van der Waals surface area contributed by atoms with Gasteiger partial charge in [-0.05, 0) is 90.7 Å². The molecule has 0 saturated heterocycles. The van der Waals surface area contributed by atoms with Crippen molar-refractivity contribution in [2.24, 2.45) is 0 Å². The van der Waals surface area contributed by atoms with Crippen molar-refractivity contribution in [3.05, 3.63) is 270 Å². The van der Waals surface area contributed by atoms with Crippen molar-refractivity contribution in [2.45, 2.75) is 63.2 Å². The molecule has 0 unspecified atom stereocenters. The van der Waals surface area contributed by atoms with Crippen LogP contribution in [0.25, 0.3) is 0 Å². The number of fused-ring (bicyclic) bond motifs is 16. The van der Waals surface area contributed by atoms with E-state index >= 15 is 0 Å². The Morgan fingerprint density at radius 3 is 0.583 bits per heavy atom. The molecule has 11 rings (SSSR count). The van der Waals surface area contributed by atoms with E-state index in [0.29, 0.717) is 115 Å². The molecule has 0 amide bonds.